The fourth-order valence-corrected chi connectivity index (χ4v) is 7.34. The van der Waals surface area contributed by atoms with E-state index in [9.17, 15) is 24.3 Å². The second-order valence-corrected chi connectivity index (χ2v) is 10.9. The molecule has 0 spiro atoms. The van der Waals surface area contributed by atoms with Crippen LogP contribution >= 0.6 is 11.3 Å². The molecule has 0 radical (unpaired) electrons. The van der Waals surface area contributed by atoms with Crippen LogP contribution < -0.4 is 11.1 Å². The summed E-state index contributed by atoms with van der Waals surface area (Å²) in [6, 6.07) is 0. The Kier molecular flexibility index (Phi) is 6.71. The van der Waals surface area contributed by atoms with Crippen molar-refractivity contribution in [3.05, 3.63) is 16.0 Å². The zero-order valence-electron chi connectivity index (χ0n) is 19.3. The SMILES string of the molecule is COCCOC(=O)c1c(NC(=O)COC(=O)C23CC4CC(CC(O)(C4)C2)C3)sc(C(N)=O)c1C. The molecule has 4 aliphatic rings. The number of hydrogen-bond acceptors (Lipinski definition) is 9. The summed E-state index contributed by atoms with van der Waals surface area (Å²) < 4.78 is 15.4. The van der Waals surface area contributed by atoms with Crippen LogP contribution in [-0.2, 0) is 23.8 Å². The van der Waals surface area contributed by atoms with Crippen molar-refractivity contribution >= 4 is 40.1 Å². The number of carbonyl (C=O) groups excluding carboxylic acids is 4. The van der Waals surface area contributed by atoms with Crippen molar-refractivity contribution in [1.29, 1.82) is 0 Å². The lowest BCUT2D eigenvalue weighted by molar-refractivity contribution is -0.196. The number of thiophene rings is 1. The van der Waals surface area contributed by atoms with E-state index in [1.54, 1.807) is 0 Å². The first-order chi connectivity index (χ1) is 16.1. The molecule has 2 unspecified atom stereocenters. The summed E-state index contributed by atoms with van der Waals surface area (Å²) in [5.41, 5.74) is 4.17. The van der Waals surface area contributed by atoms with Crippen molar-refractivity contribution in [3.8, 4) is 0 Å². The molecule has 34 heavy (non-hydrogen) atoms. The van der Waals surface area contributed by atoms with Gasteiger partial charge in [-0.3, -0.25) is 14.4 Å². The van der Waals surface area contributed by atoms with Gasteiger partial charge in [-0.25, -0.2) is 4.79 Å². The fourth-order valence-electron chi connectivity index (χ4n) is 6.27. The minimum atomic E-state index is -0.816. The van der Waals surface area contributed by atoms with Gasteiger partial charge >= 0.3 is 11.9 Å². The number of amides is 2. The van der Waals surface area contributed by atoms with Crippen LogP contribution in [0, 0.1) is 24.2 Å². The topological polar surface area (TPSA) is 154 Å². The zero-order valence-corrected chi connectivity index (χ0v) is 20.1. The number of methoxy groups -OCH3 is 1. The Bertz CT molecular complexity index is 1000. The minimum Gasteiger partial charge on any atom is -0.460 e. The van der Waals surface area contributed by atoms with Gasteiger partial charge in [0.25, 0.3) is 11.8 Å². The van der Waals surface area contributed by atoms with Crippen molar-refractivity contribution < 1.29 is 38.5 Å². The van der Waals surface area contributed by atoms with E-state index in [4.69, 9.17) is 19.9 Å². The number of esters is 2. The molecule has 4 N–H and O–H groups in total. The average molecular weight is 495 g/mol. The number of rotatable bonds is 9. The molecule has 5 rings (SSSR count). The third-order valence-corrected chi connectivity index (χ3v) is 8.37. The van der Waals surface area contributed by atoms with Gasteiger partial charge in [0, 0.05) is 7.11 Å². The number of ether oxygens (including phenoxy) is 3. The summed E-state index contributed by atoms with van der Waals surface area (Å²) in [6.07, 6.45) is 4.20. The van der Waals surface area contributed by atoms with E-state index >= 15 is 0 Å². The molecule has 0 saturated heterocycles. The second kappa shape index (κ2) is 9.27. The van der Waals surface area contributed by atoms with Crippen LogP contribution in [-0.4, -0.2) is 61.4 Å². The predicted octanol–water partition coefficient (Wildman–Crippen LogP) is 1.77. The van der Waals surface area contributed by atoms with E-state index in [1.165, 1.54) is 14.0 Å². The molecule has 186 valence electrons. The van der Waals surface area contributed by atoms with Crippen LogP contribution in [0.2, 0.25) is 0 Å². The van der Waals surface area contributed by atoms with Gasteiger partial charge in [0.05, 0.1) is 28.1 Å². The average Bonchev–Trinajstić information content (AvgIpc) is 3.06. The first kappa shape index (κ1) is 24.6. The molecule has 2 amide bonds. The maximum Gasteiger partial charge on any atom is 0.341 e. The Balaban J connectivity index is 1.42. The normalized spacial score (nSPS) is 29.0. The fraction of sp³-hybridized carbons (Fsp3) is 0.652. The summed E-state index contributed by atoms with van der Waals surface area (Å²) in [4.78, 5) is 50.1. The monoisotopic (exact) mass is 494 g/mol. The summed E-state index contributed by atoms with van der Waals surface area (Å²) >= 11 is 0.859. The third-order valence-electron chi connectivity index (χ3n) is 7.15. The van der Waals surface area contributed by atoms with E-state index in [-0.39, 0.29) is 28.7 Å². The second-order valence-electron chi connectivity index (χ2n) is 9.84. The summed E-state index contributed by atoms with van der Waals surface area (Å²) in [5.74, 6) is -1.97. The van der Waals surface area contributed by atoms with Crippen LogP contribution in [0.4, 0.5) is 5.00 Å². The highest BCUT2D eigenvalue weighted by molar-refractivity contribution is 7.18. The van der Waals surface area contributed by atoms with Crippen molar-refractivity contribution in [2.75, 3.05) is 32.2 Å². The lowest BCUT2D eigenvalue weighted by Crippen LogP contribution is -2.58. The van der Waals surface area contributed by atoms with E-state index in [2.05, 4.69) is 5.32 Å². The van der Waals surface area contributed by atoms with Gasteiger partial charge in [-0.1, -0.05) is 0 Å². The van der Waals surface area contributed by atoms with Gasteiger partial charge in [-0.15, -0.1) is 11.3 Å². The van der Waals surface area contributed by atoms with E-state index in [1.807, 2.05) is 0 Å². The molecule has 4 fully saturated rings. The van der Waals surface area contributed by atoms with Crippen LogP contribution in [0.1, 0.15) is 64.1 Å². The Labute approximate surface area is 201 Å². The molecule has 4 saturated carbocycles. The number of aliphatic hydroxyl groups is 1. The Hall–Kier alpha value is -2.50. The molecule has 1 aromatic rings. The summed E-state index contributed by atoms with van der Waals surface area (Å²) in [7, 11) is 1.46. The molecule has 2 atom stereocenters. The molecular formula is C23H30N2O8S. The van der Waals surface area contributed by atoms with Crippen molar-refractivity contribution in [3.63, 3.8) is 0 Å². The smallest absolute Gasteiger partial charge is 0.341 e. The maximum atomic E-state index is 13.0. The predicted molar refractivity (Wildman–Crippen MR) is 121 cm³/mol. The number of primary amides is 1. The van der Waals surface area contributed by atoms with Crippen molar-refractivity contribution in [2.45, 2.75) is 51.0 Å². The van der Waals surface area contributed by atoms with Gasteiger partial charge in [0.2, 0.25) is 0 Å². The molecule has 0 aliphatic heterocycles. The van der Waals surface area contributed by atoms with Crippen LogP contribution in [0.3, 0.4) is 0 Å². The quantitative estimate of drug-likeness (QED) is 0.347. The van der Waals surface area contributed by atoms with E-state index < -0.39 is 41.4 Å². The van der Waals surface area contributed by atoms with Gasteiger partial charge in [0.1, 0.15) is 11.6 Å². The number of nitrogens with one attached hydrogen (secondary N) is 1. The lowest BCUT2D eigenvalue weighted by atomic mass is 9.48. The van der Waals surface area contributed by atoms with Crippen LogP contribution in [0.15, 0.2) is 0 Å². The third kappa shape index (κ3) is 4.69. The molecule has 1 heterocycles. The Morgan fingerprint density at radius 1 is 1.12 bits per heavy atom. The first-order valence-corrected chi connectivity index (χ1v) is 12.2. The lowest BCUT2D eigenvalue weighted by Gasteiger charge is -2.58. The highest BCUT2D eigenvalue weighted by atomic mass is 32.1. The molecule has 11 heteroatoms. The zero-order chi connectivity index (χ0) is 24.7. The van der Waals surface area contributed by atoms with E-state index in [0.717, 1.165) is 30.6 Å². The summed E-state index contributed by atoms with van der Waals surface area (Å²) in [5, 5.41) is 13.5. The van der Waals surface area contributed by atoms with Gasteiger partial charge in [-0.05, 0) is 62.8 Å². The first-order valence-electron chi connectivity index (χ1n) is 11.3. The molecule has 0 aromatic carbocycles. The Morgan fingerprint density at radius 3 is 2.38 bits per heavy atom. The van der Waals surface area contributed by atoms with Gasteiger partial charge in [0.15, 0.2) is 6.61 Å². The number of hydrogen-bond donors (Lipinski definition) is 3. The van der Waals surface area contributed by atoms with E-state index in [0.29, 0.717) is 36.7 Å². The van der Waals surface area contributed by atoms with Crippen molar-refractivity contribution in [2.24, 2.45) is 23.0 Å². The van der Waals surface area contributed by atoms with Crippen LogP contribution in [0.25, 0.3) is 0 Å². The van der Waals surface area contributed by atoms with Gasteiger partial charge in [-0.2, -0.15) is 0 Å². The maximum absolute atomic E-state index is 13.0. The number of carbonyl (C=O) groups is 4. The minimum absolute atomic E-state index is 0.00204. The highest BCUT2D eigenvalue weighted by Crippen LogP contribution is 2.62. The summed E-state index contributed by atoms with van der Waals surface area (Å²) in [6.45, 7) is 1.18. The van der Waals surface area contributed by atoms with Crippen LogP contribution in [0.5, 0.6) is 0 Å². The highest BCUT2D eigenvalue weighted by Gasteiger charge is 2.60. The molecule has 10 nitrogen and oxygen atoms in total. The van der Waals surface area contributed by atoms with Crippen molar-refractivity contribution in [1.82, 2.24) is 0 Å². The molecule has 4 aliphatic carbocycles. The largest absolute Gasteiger partial charge is 0.460 e. The molecule has 1 aromatic heterocycles. The van der Waals surface area contributed by atoms with Gasteiger partial charge < -0.3 is 30.4 Å². The number of nitrogens with two attached hydrogens (primary N) is 1. The molecular weight excluding hydrogens is 464 g/mol. The standard InChI is InChI=1S/C23H30N2O8S/c1-12-16(20(28)32-4-3-31-2)19(34-17(12)18(24)27)25-15(26)10-33-21(29)22-6-13-5-14(7-22)9-23(30,8-13)11-22/h13-14,30H,3-11H2,1-2H3,(H2,24,27)(H,25,26). The Morgan fingerprint density at radius 2 is 1.79 bits per heavy atom. The number of anilines is 1. The molecule has 4 bridgehead atoms.